The summed E-state index contributed by atoms with van der Waals surface area (Å²) in [6.07, 6.45) is 2.59. The van der Waals surface area contributed by atoms with Crippen LogP contribution < -0.4 is 5.32 Å². The molecule has 0 aromatic heterocycles. The summed E-state index contributed by atoms with van der Waals surface area (Å²) in [6.45, 7) is 6.29. The van der Waals surface area contributed by atoms with E-state index in [0.717, 1.165) is 5.69 Å². The number of aryl methyl sites for hydroxylation is 1. The van der Waals surface area contributed by atoms with Gasteiger partial charge in [-0.15, -0.1) is 0 Å². The van der Waals surface area contributed by atoms with Gasteiger partial charge in [-0.1, -0.05) is 6.92 Å². The number of hydrogen-bond donors (Lipinski definition) is 1. The second kappa shape index (κ2) is 3.51. The summed E-state index contributed by atoms with van der Waals surface area (Å²) in [6, 6.07) is 5.67. The molecule has 0 aliphatic heterocycles. The Bertz CT molecular complexity index is 369. The lowest BCUT2D eigenvalue weighted by Gasteiger charge is -2.21. The minimum Gasteiger partial charge on any atom is -0.382 e. The van der Waals surface area contributed by atoms with Crippen molar-refractivity contribution >= 4 is 5.69 Å². The Labute approximate surface area is 90.7 Å². The van der Waals surface area contributed by atoms with Crippen molar-refractivity contribution in [2.24, 2.45) is 5.41 Å². The van der Waals surface area contributed by atoms with Gasteiger partial charge in [0.15, 0.2) is 0 Å². The zero-order valence-electron chi connectivity index (χ0n) is 9.60. The topological polar surface area (TPSA) is 12.0 Å². The Hall–Kier alpha value is -1.05. The van der Waals surface area contributed by atoms with Gasteiger partial charge in [-0.2, -0.15) is 0 Å². The Morgan fingerprint density at radius 1 is 1.40 bits per heavy atom. The van der Waals surface area contributed by atoms with E-state index < -0.39 is 0 Å². The first-order valence-corrected chi connectivity index (χ1v) is 5.54. The van der Waals surface area contributed by atoms with Crippen molar-refractivity contribution in [2.75, 3.05) is 5.32 Å². The molecule has 0 radical (unpaired) electrons. The molecule has 2 heteroatoms. The molecular formula is C13H18FN. The molecule has 0 spiro atoms. The summed E-state index contributed by atoms with van der Waals surface area (Å²) >= 11 is 0. The lowest BCUT2D eigenvalue weighted by molar-refractivity contribution is 0.493. The predicted molar refractivity (Wildman–Crippen MR) is 61.6 cm³/mol. The fourth-order valence-electron chi connectivity index (χ4n) is 1.79. The van der Waals surface area contributed by atoms with Crippen LogP contribution in [0.4, 0.5) is 10.1 Å². The highest BCUT2D eigenvalue weighted by atomic mass is 19.1. The SMILES string of the molecule is Cc1cc(NC(C)C2(C)CC2)ccc1F. The molecule has 0 heterocycles. The van der Waals surface area contributed by atoms with Gasteiger partial charge in [0.2, 0.25) is 0 Å². The zero-order valence-corrected chi connectivity index (χ0v) is 9.60. The van der Waals surface area contributed by atoms with E-state index in [4.69, 9.17) is 0 Å². The maximum atomic E-state index is 13.1. The van der Waals surface area contributed by atoms with Gasteiger partial charge in [-0.3, -0.25) is 0 Å². The summed E-state index contributed by atoms with van der Waals surface area (Å²) < 4.78 is 13.1. The average Bonchev–Trinajstić information content (AvgIpc) is 2.92. The van der Waals surface area contributed by atoms with E-state index in [1.54, 1.807) is 6.92 Å². The standard InChI is InChI=1S/C13H18FN/c1-9-8-11(4-5-12(9)14)15-10(2)13(3)6-7-13/h4-5,8,10,15H,6-7H2,1-3H3. The highest BCUT2D eigenvalue weighted by Gasteiger charge is 2.42. The lowest BCUT2D eigenvalue weighted by atomic mass is 10.0. The van der Waals surface area contributed by atoms with Crippen LogP contribution in [0.15, 0.2) is 18.2 Å². The zero-order chi connectivity index (χ0) is 11.1. The molecule has 1 fully saturated rings. The van der Waals surface area contributed by atoms with Crippen molar-refractivity contribution in [3.63, 3.8) is 0 Å². The smallest absolute Gasteiger partial charge is 0.126 e. The van der Waals surface area contributed by atoms with Gasteiger partial charge in [0.25, 0.3) is 0 Å². The van der Waals surface area contributed by atoms with Gasteiger partial charge in [0.1, 0.15) is 5.82 Å². The van der Waals surface area contributed by atoms with Crippen LogP contribution in [0.5, 0.6) is 0 Å². The number of anilines is 1. The summed E-state index contributed by atoms with van der Waals surface area (Å²) in [7, 11) is 0. The maximum Gasteiger partial charge on any atom is 0.126 e. The molecule has 1 unspecified atom stereocenters. The number of hydrogen-bond acceptors (Lipinski definition) is 1. The first-order chi connectivity index (χ1) is 7.01. The van der Waals surface area contributed by atoms with Crippen LogP contribution in [0, 0.1) is 18.2 Å². The van der Waals surface area contributed by atoms with Crippen molar-refractivity contribution in [2.45, 2.75) is 39.7 Å². The van der Waals surface area contributed by atoms with E-state index in [1.165, 1.54) is 18.9 Å². The summed E-state index contributed by atoms with van der Waals surface area (Å²) in [5, 5.41) is 3.45. The third-order valence-electron chi connectivity index (χ3n) is 3.63. The largest absolute Gasteiger partial charge is 0.382 e. The third-order valence-corrected chi connectivity index (χ3v) is 3.63. The molecule has 1 aliphatic carbocycles. The normalized spacial score (nSPS) is 19.7. The van der Waals surface area contributed by atoms with Gasteiger partial charge in [0, 0.05) is 11.7 Å². The van der Waals surface area contributed by atoms with Crippen LogP contribution in [-0.4, -0.2) is 6.04 Å². The molecule has 1 aliphatic rings. The number of benzene rings is 1. The van der Waals surface area contributed by atoms with E-state index in [-0.39, 0.29) is 5.82 Å². The molecule has 2 rings (SSSR count). The van der Waals surface area contributed by atoms with Crippen LogP contribution in [0.3, 0.4) is 0 Å². The predicted octanol–water partition coefficient (Wildman–Crippen LogP) is 3.73. The third kappa shape index (κ3) is 2.14. The Kier molecular flexibility index (Phi) is 2.45. The van der Waals surface area contributed by atoms with Gasteiger partial charge < -0.3 is 5.32 Å². The van der Waals surface area contributed by atoms with Gasteiger partial charge in [-0.05, 0) is 55.9 Å². The summed E-state index contributed by atoms with van der Waals surface area (Å²) in [5.41, 5.74) is 2.17. The molecule has 1 aromatic carbocycles. The van der Waals surface area contributed by atoms with Crippen LogP contribution >= 0.6 is 0 Å². The fraction of sp³-hybridized carbons (Fsp3) is 0.538. The second-order valence-corrected chi connectivity index (χ2v) is 4.98. The Balaban J connectivity index is 2.07. The minimum atomic E-state index is -0.133. The van der Waals surface area contributed by atoms with E-state index in [9.17, 15) is 4.39 Å². The lowest BCUT2D eigenvalue weighted by Crippen LogP contribution is -2.24. The number of rotatable bonds is 3. The van der Waals surface area contributed by atoms with Crippen LogP contribution in [0.25, 0.3) is 0 Å². The molecule has 1 saturated carbocycles. The van der Waals surface area contributed by atoms with E-state index in [2.05, 4.69) is 19.2 Å². The van der Waals surface area contributed by atoms with Crippen molar-refractivity contribution in [1.82, 2.24) is 0 Å². The molecule has 0 bridgehead atoms. The molecular weight excluding hydrogens is 189 g/mol. The first kappa shape index (κ1) is 10.5. The van der Waals surface area contributed by atoms with Crippen molar-refractivity contribution in [1.29, 1.82) is 0 Å². The molecule has 0 amide bonds. The quantitative estimate of drug-likeness (QED) is 0.796. The minimum absolute atomic E-state index is 0.133. The molecule has 1 atom stereocenters. The molecule has 1 nitrogen and oxygen atoms in total. The van der Waals surface area contributed by atoms with Crippen LogP contribution in [0.2, 0.25) is 0 Å². The van der Waals surface area contributed by atoms with Crippen LogP contribution in [-0.2, 0) is 0 Å². The van der Waals surface area contributed by atoms with Gasteiger partial charge >= 0.3 is 0 Å². The highest BCUT2D eigenvalue weighted by Crippen LogP contribution is 2.48. The van der Waals surface area contributed by atoms with E-state index >= 15 is 0 Å². The molecule has 1 aromatic rings. The monoisotopic (exact) mass is 207 g/mol. The molecule has 1 N–H and O–H groups in total. The van der Waals surface area contributed by atoms with Crippen molar-refractivity contribution in [3.8, 4) is 0 Å². The van der Waals surface area contributed by atoms with E-state index in [0.29, 0.717) is 17.0 Å². The maximum absolute atomic E-state index is 13.1. The second-order valence-electron chi connectivity index (χ2n) is 4.98. The molecule has 0 saturated heterocycles. The number of halogens is 1. The van der Waals surface area contributed by atoms with Crippen molar-refractivity contribution < 1.29 is 4.39 Å². The van der Waals surface area contributed by atoms with Gasteiger partial charge in [-0.25, -0.2) is 4.39 Å². The summed E-state index contributed by atoms with van der Waals surface area (Å²) in [5.74, 6) is -0.133. The highest BCUT2D eigenvalue weighted by molar-refractivity contribution is 5.47. The molecule has 15 heavy (non-hydrogen) atoms. The number of nitrogens with one attached hydrogen (secondary N) is 1. The van der Waals surface area contributed by atoms with Crippen LogP contribution in [0.1, 0.15) is 32.3 Å². The first-order valence-electron chi connectivity index (χ1n) is 5.54. The Morgan fingerprint density at radius 2 is 2.07 bits per heavy atom. The van der Waals surface area contributed by atoms with Crippen molar-refractivity contribution in [3.05, 3.63) is 29.6 Å². The summed E-state index contributed by atoms with van der Waals surface area (Å²) in [4.78, 5) is 0. The van der Waals surface area contributed by atoms with E-state index in [1.807, 2.05) is 12.1 Å². The van der Waals surface area contributed by atoms with Gasteiger partial charge in [0.05, 0.1) is 0 Å². The Morgan fingerprint density at radius 3 is 2.60 bits per heavy atom. The average molecular weight is 207 g/mol. The fourth-order valence-corrected chi connectivity index (χ4v) is 1.79. The molecule has 82 valence electrons.